The standard InChI is InChI=1S/C15H21N3O/c1-3-15(2,7-9-19)18-13-5-4-11-10-17-8-6-12(11)14(13)16/h4-6,8,10,18-19H,3,7,9,16H2,1-2H3. The lowest BCUT2D eigenvalue weighted by molar-refractivity contribution is 0.252. The summed E-state index contributed by atoms with van der Waals surface area (Å²) in [6.07, 6.45) is 5.16. The third kappa shape index (κ3) is 2.79. The molecule has 4 nitrogen and oxygen atoms in total. The van der Waals surface area contributed by atoms with Gasteiger partial charge in [0.2, 0.25) is 0 Å². The molecular weight excluding hydrogens is 238 g/mol. The second kappa shape index (κ2) is 5.45. The Balaban J connectivity index is 2.38. The highest BCUT2D eigenvalue weighted by Gasteiger charge is 2.22. The third-order valence-electron chi connectivity index (χ3n) is 3.74. The van der Waals surface area contributed by atoms with E-state index >= 15 is 0 Å². The average molecular weight is 259 g/mol. The first-order valence-corrected chi connectivity index (χ1v) is 6.61. The number of hydrogen-bond acceptors (Lipinski definition) is 4. The van der Waals surface area contributed by atoms with Crippen LogP contribution in [0.3, 0.4) is 0 Å². The van der Waals surface area contributed by atoms with Crippen LogP contribution < -0.4 is 11.1 Å². The lowest BCUT2D eigenvalue weighted by Gasteiger charge is -2.31. The SMILES string of the molecule is CCC(C)(CCO)Nc1ccc2cnccc2c1N. The maximum atomic E-state index is 9.17. The minimum atomic E-state index is -0.149. The predicted octanol–water partition coefficient (Wildman–Crippen LogP) is 2.78. The van der Waals surface area contributed by atoms with E-state index in [1.165, 1.54) is 0 Å². The van der Waals surface area contributed by atoms with E-state index in [0.717, 1.165) is 28.6 Å². The van der Waals surface area contributed by atoms with Crippen LogP contribution in [0.25, 0.3) is 10.8 Å². The highest BCUT2D eigenvalue weighted by atomic mass is 16.3. The molecule has 0 radical (unpaired) electrons. The van der Waals surface area contributed by atoms with Crippen molar-refractivity contribution >= 4 is 22.1 Å². The quantitative estimate of drug-likeness (QED) is 0.722. The Labute approximate surface area is 113 Å². The largest absolute Gasteiger partial charge is 0.397 e. The van der Waals surface area contributed by atoms with Gasteiger partial charge in [-0.1, -0.05) is 13.0 Å². The molecule has 1 atom stereocenters. The van der Waals surface area contributed by atoms with Crippen molar-refractivity contribution in [2.75, 3.05) is 17.7 Å². The van der Waals surface area contributed by atoms with Crippen molar-refractivity contribution < 1.29 is 5.11 Å². The van der Waals surface area contributed by atoms with Crippen molar-refractivity contribution in [1.29, 1.82) is 0 Å². The van der Waals surface area contributed by atoms with Gasteiger partial charge in [0.05, 0.1) is 11.4 Å². The van der Waals surface area contributed by atoms with E-state index in [-0.39, 0.29) is 12.1 Å². The number of hydrogen-bond donors (Lipinski definition) is 3. The van der Waals surface area contributed by atoms with Crippen molar-refractivity contribution in [1.82, 2.24) is 4.98 Å². The number of rotatable bonds is 5. The first-order chi connectivity index (χ1) is 9.09. The molecule has 0 spiro atoms. The number of pyridine rings is 1. The number of fused-ring (bicyclic) bond motifs is 1. The molecule has 0 aliphatic rings. The van der Waals surface area contributed by atoms with Crippen molar-refractivity contribution in [3.8, 4) is 0 Å². The first kappa shape index (κ1) is 13.6. The van der Waals surface area contributed by atoms with Crippen molar-refractivity contribution in [3.63, 3.8) is 0 Å². The van der Waals surface area contributed by atoms with Crippen LogP contribution in [0.15, 0.2) is 30.6 Å². The van der Waals surface area contributed by atoms with E-state index in [1.54, 1.807) is 6.20 Å². The Hall–Kier alpha value is -1.81. The first-order valence-electron chi connectivity index (χ1n) is 6.61. The summed E-state index contributed by atoms with van der Waals surface area (Å²) >= 11 is 0. The molecule has 0 fully saturated rings. The van der Waals surface area contributed by atoms with E-state index in [9.17, 15) is 5.11 Å². The van der Waals surface area contributed by atoms with E-state index in [2.05, 4.69) is 24.1 Å². The lowest BCUT2D eigenvalue weighted by Crippen LogP contribution is -2.35. The van der Waals surface area contributed by atoms with Crippen LogP contribution in [-0.2, 0) is 0 Å². The fourth-order valence-electron chi connectivity index (χ4n) is 2.20. The molecule has 1 unspecified atom stereocenters. The van der Waals surface area contributed by atoms with Gasteiger partial charge in [-0.05, 0) is 31.9 Å². The summed E-state index contributed by atoms with van der Waals surface area (Å²) in [5.74, 6) is 0. The molecule has 1 heterocycles. The second-order valence-electron chi connectivity index (χ2n) is 5.14. The van der Waals surface area contributed by atoms with Crippen molar-refractivity contribution in [2.45, 2.75) is 32.2 Å². The highest BCUT2D eigenvalue weighted by molar-refractivity contribution is 5.98. The van der Waals surface area contributed by atoms with Crippen LogP contribution >= 0.6 is 0 Å². The van der Waals surface area contributed by atoms with Gasteiger partial charge >= 0.3 is 0 Å². The lowest BCUT2D eigenvalue weighted by atomic mass is 9.94. The topological polar surface area (TPSA) is 71.2 Å². The fourth-order valence-corrected chi connectivity index (χ4v) is 2.20. The van der Waals surface area contributed by atoms with Crippen LogP contribution in [0, 0.1) is 0 Å². The summed E-state index contributed by atoms with van der Waals surface area (Å²) in [6.45, 7) is 4.36. The molecule has 0 saturated heterocycles. The van der Waals surface area contributed by atoms with Crippen LogP contribution in [-0.4, -0.2) is 22.2 Å². The Kier molecular flexibility index (Phi) is 3.90. The molecule has 102 valence electrons. The number of benzene rings is 1. The average Bonchev–Trinajstić information content (AvgIpc) is 2.43. The van der Waals surface area contributed by atoms with Gasteiger partial charge in [0.15, 0.2) is 0 Å². The number of nitrogens with zero attached hydrogens (tertiary/aromatic N) is 1. The van der Waals surface area contributed by atoms with Gasteiger partial charge in [-0.3, -0.25) is 4.98 Å². The van der Waals surface area contributed by atoms with Crippen LogP contribution in [0.2, 0.25) is 0 Å². The Morgan fingerprint density at radius 3 is 2.84 bits per heavy atom. The van der Waals surface area contributed by atoms with Crippen LogP contribution in [0.1, 0.15) is 26.7 Å². The number of aliphatic hydroxyl groups is 1. The molecule has 19 heavy (non-hydrogen) atoms. The molecule has 2 aromatic rings. The summed E-state index contributed by atoms with van der Waals surface area (Å²) in [4.78, 5) is 4.09. The van der Waals surface area contributed by atoms with Crippen LogP contribution in [0.5, 0.6) is 0 Å². The third-order valence-corrected chi connectivity index (χ3v) is 3.74. The van der Waals surface area contributed by atoms with Crippen molar-refractivity contribution in [2.24, 2.45) is 0 Å². The minimum Gasteiger partial charge on any atom is -0.397 e. The molecule has 0 saturated carbocycles. The molecule has 4 N–H and O–H groups in total. The normalized spacial score (nSPS) is 14.3. The maximum absolute atomic E-state index is 9.17. The number of nitrogens with one attached hydrogen (secondary N) is 1. The summed E-state index contributed by atoms with van der Waals surface area (Å²) in [7, 11) is 0. The molecule has 2 rings (SSSR count). The van der Waals surface area contributed by atoms with E-state index in [1.807, 2.05) is 24.4 Å². The highest BCUT2D eigenvalue weighted by Crippen LogP contribution is 2.31. The summed E-state index contributed by atoms with van der Waals surface area (Å²) in [5, 5.41) is 14.7. The van der Waals surface area contributed by atoms with Gasteiger partial charge in [-0.15, -0.1) is 0 Å². The molecule has 0 aliphatic heterocycles. The minimum absolute atomic E-state index is 0.149. The van der Waals surface area contributed by atoms with Gasteiger partial charge in [0.25, 0.3) is 0 Å². The van der Waals surface area contributed by atoms with Gasteiger partial charge in [0, 0.05) is 35.3 Å². The Morgan fingerprint density at radius 1 is 1.37 bits per heavy atom. The van der Waals surface area contributed by atoms with E-state index in [0.29, 0.717) is 6.42 Å². The smallest absolute Gasteiger partial charge is 0.0630 e. The van der Waals surface area contributed by atoms with E-state index in [4.69, 9.17) is 5.73 Å². The predicted molar refractivity (Wildman–Crippen MR) is 80.2 cm³/mol. The Morgan fingerprint density at radius 2 is 2.16 bits per heavy atom. The van der Waals surface area contributed by atoms with E-state index < -0.39 is 0 Å². The number of aromatic nitrogens is 1. The maximum Gasteiger partial charge on any atom is 0.0630 e. The summed E-state index contributed by atoms with van der Waals surface area (Å²) < 4.78 is 0. The zero-order chi connectivity index (χ0) is 13.9. The number of nitrogen functional groups attached to an aromatic ring is 1. The van der Waals surface area contributed by atoms with Gasteiger partial charge in [-0.2, -0.15) is 0 Å². The summed E-state index contributed by atoms with van der Waals surface area (Å²) in [6, 6.07) is 5.91. The zero-order valence-corrected chi connectivity index (χ0v) is 11.5. The molecule has 4 heteroatoms. The fraction of sp³-hybridized carbons (Fsp3) is 0.400. The molecule has 0 amide bonds. The van der Waals surface area contributed by atoms with Gasteiger partial charge in [-0.25, -0.2) is 0 Å². The monoisotopic (exact) mass is 259 g/mol. The molecule has 1 aromatic heterocycles. The van der Waals surface area contributed by atoms with Gasteiger partial charge < -0.3 is 16.2 Å². The molecule has 0 aliphatic carbocycles. The molecule has 0 bridgehead atoms. The number of anilines is 2. The summed E-state index contributed by atoms with van der Waals surface area (Å²) in [5.41, 5.74) is 7.72. The zero-order valence-electron chi connectivity index (χ0n) is 11.5. The number of nitrogens with two attached hydrogens (primary N) is 1. The number of aliphatic hydroxyl groups excluding tert-OH is 1. The second-order valence-corrected chi connectivity index (χ2v) is 5.14. The molecular formula is C15H21N3O. The van der Waals surface area contributed by atoms with Gasteiger partial charge in [0.1, 0.15) is 0 Å². The van der Waals surface area contributed by atoms with Crippen molar-refractivity contribution in [3.05, 3.63) is 30.6 Å². The Bertz CT molecular complexity index is 570. The molecule has 1 aromatic carbocycles. The van der Waals surface area contributed by atoms with Crippen LogP contribution in [0.4, 0.5) is 11.4 Å².